The minimum absolute atomic E-state index is 0.0176. The Morgan fingerprint density at radius 1 is 1.33 bits per heavy atom. The molecule has 0 spiro atoms. The number of carbonyl (C=O) groups is 1. The molecule has 128 valence electrons. The van der Waals surface area contributed by atoms with Gasteiger partial charge in [-0.25, -0.2) is 4.98 Å². The highest BCUT2D eigenvalue weighted by atomic mass is 32.1. The van der Waals surface area contributed by atoms with Gasteiger partial charge in [0.1, 0.15) is 5.01 Å². The number of aryl methyl sites for hydroxylation is 2. The first kappa shape index (κ1) is 17.1. The summed E-state index contributed by atoms with van der Waals surface area (Å²) in [6, 6.07) is 6.07. The van der Waals surface area contributed by atoms with Crippen molar-refractivity contribution in [1.82, 2.24) is 9.88 Å². The van der Waals surface area contributed by atoms with E-state index in [9.17, 15) is 4.79 Å². The van der Waals surface area contributed by atoms with Gasteiger partial charge in [-0.2, -0.15) is 0 Å². The second-order valence-electron chi connectivity index (χ2n) is 6.16. The number of benzene rings is 1. The fourth-order valence-corrected chi connectivity index (χ4v) is 3.48. The quantitative estimate of drug-likeness (QED) is 0.905. The van der Waals surface area contributed by atoms with Crippen LogP contribution in [0.1, 0.15) is 21.8 Å². The fourth-order valence-electron chi connectivity index (χ4n) is 2.69. The van der Waals surface area contributed by atoms with Crippen molar-refractivity contribution >= 4 is 22.9 Å². The Morgan fingerprint density at radius 3 is 2.92 bits per heavy atom. The van der Waals surface area contributed by atoms with Gasteiger partial charge in [0.05, 0.1) is 25.3 Å². The van der Waals surface area contributed by atoms with Gasteiger partial charge in [-0.15, -0.1) is 11.3 Å². The van der Waals surface area contributed by atoms with E-state index in [0.717, 1.165) is 60.4 Å². The van der Waals surface area contributed by atoms with Crippen LogP contribution in [-0.2, 0) is 22.5 Å². The van der Waals surface area contributed by atoms with Crippen molar-refractivity contribution in [3.63, 3.8) is 0 Å². The molecular formula is C18H23N3O2S. The Hall–Kier alpha value is -1.76. The Labute approximate surface area is 146 Å². The van der Waals surface area contributed by atoms with Gasteiger partial charge >= 0.3 is 0 Å². The number of amides is 1. The number of ether oxygens (including phenoxy) is 1. The number of aromatic nitrogens is 1. The van der Waals surface area contributed by atoms with Crippen LogP contribution in [0, 0.1) is 13.8 Å². The van der Waals surface area contributed by atoms with Crippen LogP contribution in [0.5, 0.6) is 0 Å². The number of hydrogen-bond acceptors (Lipinski definition) is 5. The van der Waals surface area contributed by atoms with Crippen molar-refractivity contribution in [3.8, 4) is 0 Å². The maximum absolute atomic E-state index is 12.3. The molecule has 1 aliphatic rings. The largest absolute Gasteiger partial charge is 0.379 e. The lowest BCUT2D eigenvalue weighted by atomic mass is 10.1. The average molecular weight is 345 g/mol. The van der Waals surface area contributed by atoms with Gasteiger partial charge in [0.2, 0.25) is 5.91 Å². The van der Waals surface area contributed by atoms with Crippen LogP contribution in [0.4, 0.5) is 5.69 Å². The van der Waals surface area contributed by atoms with Gasteiger partial charge in [-0.05, 0) is 31.0 Å². The summed E-state index contributed by atoms with van der Waals surface area (Å²) in [5, 5.41) is 5.90. The van der Waals surface area contributed by atoms with E-state index in [1.807, 2.05) is 32.0 Å². The van der Waals surface area contributed by atoms with Crippen LogP contribution in [0.3, 0.4) is 0 Å². The van der Waals surface area contributed by atoms with Crippen molar-refractivity contribution in [1.29, 1.82) is 0 Å². The zero-order chi connectivity index (χ0) is 16.9. The fraction of sp³-hybridized carbons (Fsp3) is 0.444. The van der Waals surface area contributed by atoms with Crippen LogP contribution < -0.4 is 5.32 Å². The summed E-state index contributed by atoms with van der Waals surface area (Å²) in [6.07, 6.45) is 0.321. The number of nitrogens with one attached hydrogen (secondary N) is 1. The molecule has 3 rings (SSSR count). The normalized spacial score (nSPS) is 15.4. The first-order valence-electron chi connectivity index (χ1n) is 8.20. The summed E-state index contributed by atoms with van der Waals surface area (Å²) in [6.45, 7) is 8.32. The summed E-state index contributed by atoms with van der Waals surface area (Å²) in [4.78, 5) is 19.2. The second kappa shape index (κ2) is 7.88. The van der Waals surface area contributed by atoms with Crippen LogP contribution in [0.2, 0.25) is 0 Å². The molecule has 0 radical (unpaired) electrons. The summed E-state index contributed by atoms with van der Waals surface area (Å²) in [5.41, 5.74) is 4.13. The zero-order valence-electron chi connectivity index (χ0n) is 14.2. The monoisotopic (exact) mass is 345 g/mol. The van der Waals surface area contributed by atoms with E-state index in [2.05, 4.69) is 20.6 Å². The van der Waals surface area contributed by atoms with E-state index in [1.165, 1.54) is 0 Å². The molecule has 0 aliphatic carbocycles. The van der Waals surface area contributed by atoms with E-state index in [0.29, 0.717) is 6.42 Å². The molecule has 0 atom stereocenters. The van der Waals surface area contributed by atoms with Crippen LogP contribution in [0.25, 0.3) is 0 Å². The molecule has 2 heterocycles. The average Bonchev–Trinajstić information content (AvgIpc) is 2.98. The number of morpholine rings is 1. The van der Waals surface area contributed by atoms with Crippen molar-refractivity contribution in [2.75, 3.05) is 31.6 Å². The number of rotatable bonds is 5. The third-order valence-electron chi connectivity index (χ3n) is 4.07. The SMILES string of the molecule is Cc1ccc(C)c(NC(=O)Cc2nc(CN3CCOCC3)cs2)c1. The number of nitrogens with zero attached hydrogens (tertiary/aromatic N) is 2. The maximum Gasteiger partial charge on any atom is 0.231 e. The standard InChI is InChI=1S/C18H23N3O2S/c1-13-3-4-14(2)16(9-13)20-17(22)10-18-19-15(12-24-18)11-21-5-7-23-8-6-21/h3-4,9,12H,5-8,10-11H2,1-2H3,(H,20,22). The molecule has 6 heteroatoms. The van der Waals surface area contributed by atoms with Gasteiger partial charge in [0.15, 0.2) is 0 Å². The lowest BCUT2D eigenvalue weighted by Gasteiger charge is -2.25. The molecule has 0 saturated carbocycles. The summed E-state index contributed by atoms with van der Waals surface area (Å²) < 4.78 is 5.36. The minimum Gasteiger partial charge on any atom is -0.379 e. The molecule has 5 nitrogen and oxygen atoms in total. The predicted octanol–water partition coefficient (Wildman–Crippen LogP) is 2.77. The molecule has 0 bridgehead atoms. The highest BCUT2D eigenvalue weighted by molar-refractivity contribution is 7.09. The molecule has 1 saturated heterocycles. The molecule has 0 unspecified atom stereocenters. The highest BCUT2D eigenvalue weighted by Gasteiger charge is 2.14. The zero-order valence-corrected chi connectivity index (χ0v) is 15.0. The number of anilines is 1. The van der Waals surface area contributed by atoms with E-state index in [-0.39, 0.29) is 5.91 Å². The number of thiazole rings is 1. The van der Waals surface area contributed by atoms with Gasteiger partial charge < -0.3 is 10.1 Å². The molecule has 1 fully saturated rings. The van der Waals surface area contributed by atoms with Crippen molar-refractivity contribution in [2.45, 2.75) is 26.8 Å². The molecule has 1 aromatic heterocycles. The third kappa shape index (κ3) is 4.63. The van der Waals surface area contributed by atoms with Gasteiger partial charge in [-0.1, -0.05) is 12.1 Å². The van der Waals surface area contributed by atoms with E-state index < -0.39 is 0 Å². The predicted molar refractivity (Wildman–Crippen MR) is 96.5 cm³/mol. The smallest absolute Gasteiger partial charge is 0.231 e. The Balaban J connectivity index is 1.55. The van der Waals surface area contributed by atoms with E-state index in [1.54, 1.807) is 11.3 Å². The number of hydrogen-bond donors (Lipinski definition) is 1. The molecule has 1 aromatic carbocycles. The number of carbonyl (C=O) groups excluding carboxylic acids is 1. The lowest BCUT2D eigenvalue weighted by molar-refractivity contribution is -0.115. The Bertz CT molecular complexity index is 708. The molecule has 1 aliphatic heterocycles. The summed E-state index contributed by atoms with van der Waals surface area (Å²) in [5.74, 6) is -0.0176. The summed E-state index contributed by atoms with van der Waals surface area (Å²) in [7, 11) is 0. The minimum atomic E-state index is -0.0176. The van der Waals surface area contributed by atoms with Crippen LogP contribution in [0.15, 0.2) is 23.6 Å². The van der Waals surface area contributed by atoms with Gasteiger partial charge in [-0.3, -0.25) is 9.69 Å². The first-order valence-corrected chi connectivity index (χ1v) is 9.08. The van der Waals surface area contributed by atoms with E-state index in [4.69, 9.17) is 4.74 Å². The third-order valence-corrected chi connectivity index (χ3v) is 4.97. The summed E-state index contributed by atoms with van der Waals surface area (Å²) >= 11 is 1.55. The Morgan fingerprint density at radius 2 is 2.12 bits per heavy atom. The molecule has 1 N–H and O–H groups in total. The van der Waals surface area contributed by atoms with E-state index >= 15 is 0 Å². The molecule has 1 amide bonds. The van der Waals surface area contributed by atoms with Crippen LogP contribution >= 0.6 is 11.3 Å². The van der Waals surface area contributed by atoms with Crippen molar-refractivity contribution < 1.29 is 9.53 Å². The maximum atomic E-state index is 12.3. The first-order chi connectivity index (χ1) is 11.6. The highest BCUT2D eigenvalue weighted by Crippen LogP contribution is 2.18. The molecule has 24 heavy (non-hydrogen) atoms. The molecule has 2 aromatic rings. The van der Waals surface area contributed by atoms with Gasteiger partial charge in [0, 0.05) is 30.7 Å². The van der Waals surface area contributed by atoms with Crippen molar-refractivity contribution in [3.05, 3.63) is 45.4 Å². The van der Waals surface area contributed by atoms with Crippen molar-refractivity contribution in [2.24, 2.45) is 0 Å². The topological polar surface area (TPSA) is 54.5 Å². The van der Waals surface area contributed by atoms with Gasteiger partial charge in [0.25, 0.3) is 0 Å². The second-order valence-corrected chi connectivity index (χ2v) is 7.11. The lowest BCUT2D eigenvalue weighted by Crippen LogP contribution is -2.35. The Kier molecular flexibility index (Phi) is 5.60. The molecular weight excluding hydrogens is 322 g/mol. The van der Waals surface area contributed by atoms with Crippen LogP contribution in [-0.4, -0.2) is 42.1 Å².